The highest BCUT2D eigenvalue weighted by molar-refractivity contribution is 8.00. The third-order valence-corrected chi connectivity index (χ3v) is 10.5. The molecule has 4 aromatic rings. The fourth-order valence-corrected chi connectivity index (χ4v) is 7.59. The number of hydrogen-bond donors (Lipinski definition) is 1. The number of aliphatic hydroxyl groups excluding tert-OH is 1. The largest absolute Gasteiger partial charge is 0.459 e. The number of rotatable bonds is 12. The van der Waals surface area contributed by atoms with E-state index in [0.29, 0.717) is 5.56 Å². The van der Waals surface area contributed by atoms with Crippen LogP contribution in [0.1, 0.15) is 33.3 Å². The number of hydrogen-bond acceptors (Lipinski definition) is 11. The number of thioether (sulfide) groups is 1. The summed E-state index contributed by atoms with van der Waals surface area (Å²) in [6.07, 6.45) is -7.11. The van der Waals surface area contributed by atoms with E-state index in [1.807, 2.05) is 97.9 Å². The van der Waals surface area contributed by atoms with Crippen molar-refractivity contribution < 1.29 is 47.8 Å². The minimum Gasteiger partial charge on any atom is -0.459 e. The highest BCUT2D eigenvalue weighted by Crippen LogP contribution is 2.42. The first-order chi connectivity index (χ1) is 25.0. The number of ether oxygens (including phenoxy) is 8. The Morgan fingerprint density at radius 3 is 2.22 bits per heavy atom. The second-order valence-corrected chi connectivity index (χ2v) is 14.0. The molecular formula is C40H42O10S. The van der Waals surface area contributed by atoms with Gasteiger partial charge in [-0.25, -0.2) is 4.79 Å². The summed E-state index contributed by atoms with van der Waals surface area (Å²) >= 11 is 1.43. The Kier molecular flexibility index (Phi) is 11.8. The molecule has 51 heavy (non-hydrogen) atoms. The molecule has 1 N–H and O–H groups in total. The molecule has 3 saturated heterocycles. The molecule has 0 amide bonds. The van der Waals surface area contributed by atoms with E-state index in [1.54, 1.807) is 31.4 Å². The lowest BCUT2D eigenvalue weighted by Crippen LogP contribution is -2.64. The van der Waals surface area contributed by atoms with Gasteiger partial charge in [-0.1, -0.05) is 96.6 Å². The van der Waals surface area contributed by atoms with Crippen molar-refractivity contribution in [3.8, 4) is 0 Å². The third-order valence-electron chi connectivity index (χ3n) is 9.14. The van der Waals surface area contributed by atoms with Crippen molar-refractivity contribution in [1.82, 2.24) is 0 Å². The highest BCUT2D eigenvalue weighted by Gasteiger charge is 2.55. The maximum absolute atomic E-state index is 12.8. The summed E-state index contributed by atoms with van der Waals surface area (Å²) in [5, 5.41) is 11.1. The van der Waals surface area contributed by atoms with E-state index in [2.05, 4.69) is 0 Å². The molecule has 3 fully saturated rings. The van der Waals surface area contributed by atoms with Gasteiger partial charge >= 0.3 is 5.97 Å². The first-order valence-corrected chi connectivity index (χ1v) is 17.9. The van der Waals surface area contributed by atoms with Gasteiger partial charge in [0, 0.05) is 17.6 Å². The van der Waals surface area contributed by atoms with Crippen LogP contribution in [0.3, 0.4) is 0 Å². The summed E-state index contributed by atoms with van der Waals surface area (Å²) in [5.74, 6) is -0.509. The van der Waals surface area contributed by atoms with E-state index >= 15 is 0 Å². The third kappa shape index (κ3) is 8.55. The second-order valence-electron chi connectivity index (χ2n) is 12.7. The monoisotopic (exact) mass is 714 g/mol. The van der Waals surface area contributed by atoms with Gasteiger partial charge in [-0.2, -0.15) is 0 Å². The van der Waals surface area contributed by atoms with Crippen molar-refractivity contribution in [3.05, 3.63) is 138 Å². The van der Waals surface area contributed by atoms with Gasteiger partial charge in [-0.15, -0.1) is 11.8 Å². The Morgan fingerprint density at radius 2 is 1.51 bits per heavy atom. The Labute approximate surface area is 301 Å². The lowest BCUT2D eigenvalue weighted by molar-refractivity contribution is -0.379. The predicted octanol–water partition coefficient (Wildman–Crippen LogP) is 5.85. The number of aliphatic hydroxyl groups is 1. The summed E-state index contributed by atoms with van der Waals surface area (Å²) in [5.41, 5.74) is 3.34. The summed E-state index contributed by atoms with van der Waals surface area (Å²) < 4.78 is 50.5. The molecule has 0 saturated carbocycles. The van der Waals surface area contributed by atoms with E-state index in [9.17, 15) is 9.90 Å². The topological polar surface area (TPSA) is 111 Å². The predicted molar refractivity (Wildman–Crippen MR) is 188 cm³/mol. The Morgan fingerprint density at radius 1 is 0.824 bits per heavy atom. The van der Waals surface area contributed by atoms with E-state index in [0.717, 1.165) is 21.6 Å². The molecule has 0 radical (unpaired) electrons. The van der Waals surface area contributed by atoms with Crippen LogP contribution in [0.4, 0.5) is 0 Å². The molecule has 4 aromatic carbocycles. The number of carbonyl (C=O) groups is 1. The maximum Gasteiger partial charge on any atom is 0.338 e. The summed E-state index contributed by atoms with van der Waals surface area (Å²) in [6.45, 7) is 2.33. The van der Waals surface area contributed by atoms with Crippen LogP contribution in [-0.4, -0.2) is 85.9 Å². The standard InChI is InChI=1S/C40H42O10S/c1-25-18-20-29(21-19-25)51-36-32(41)30(23-45-37(42)27-14-8-4-9-15-27)47-40(36)50-34-33-31(24-46-38(49-33)28-16-10-5-11-17-28)48-39(43-2)35(34)44-22-26-12-6-3-7-13-26/h3-21,30-36,38-41H,22-24H2,1-2H3/t30-,31-,32+,33-,34+,35-,36-,38-,39+,40+/m1/s1. The molecule has 10 nitrogen and oxygen atoms in total. The molecule has 0 bridgehead atoms. The lowest BCUT2D eigenvalue weighted by atomic mass is 9.97. The van der Waals surface area contributed by atoms with Crippen molar-refractivity contribution in [2.24, 2.45) is 0 Å². The zero-order chi connectivity index (χ0) is 35.2. The lowest BCUT2D eigenvalue weighted by Gasteiger charge is -2.49. The summed E-state index contributed by atoms with van der Waals surface area (Å²) in [7, 11) is 1.56. The number of methoxy groups -OCH3 is 1. The Hall–Kier alpha value is -3.62. The first kappa shape index (κ1) is 35.8. The minimum absolute atomic E-state index is 0.172. The average Bonchev–Trinajstić information content (AvgIpc) is 3.47. The average molecular weight is 715 g/mol. The molecule has 0 spiro atoms. The molecule has 268 valence electrons. The van der Waals surface area contributed by atoms with Gasteiger partial charge in [0.15, 0.2) is 18.9 Å². The summed E-state index contributed by atoms with van der Waals surface area (Å²) in [4.78, 5) is 13.8. The van der Waals surface area contributed by atoms with Crippen molar-refractivity contribution in [3.63, 3.8) is 0 Å². The van der Waals surface area contributed by atoms with Gasteiger partial charge in [-0.05, 0) is 36.8 Å². The minimum atomic E-state index is -1.05. The molecule has 3 heterocycles. The van der Waals surface area contributed by atoms with E-state index in [4.69, 9.17) is 37.9 Å². The van der Waals surface area contributed by atoms with Gasteiger partial charge in [0.1, 0.15) is 43.2 Å². The van der Waals surface area contributed by atoms with Crippen molar-refractivity contribution >= 4 is 17.7 Å². The van der Waals surface area contributed by atoms with Crippen LogP contribution >= 0.6 is 11.8 Å². The fourth-order valence-electron chi connectivity index (χ4n) is 6.43. The summed E-state index contributed by atoms with van der Waals surface area (Å²) in [6, 6.07) is 36.2. The van der Waals surface area contributed by atoms with Gasteiger partial charge in [-0.3, -0.25) is 0 Å². The smallest absolute Gasteiger partial charge is 0.338 e. The van der Waals surface area contributed by atoms with E-state index in [-0.39, 0.29) is 19.8 Å². The zero-order valence-electron chi connectivity index (χ0n) is 28.4. The molecule has 0 unspecified atom stereocenters. The maximum atomic E-state index is 12.8. The SMILES string of the molecule is CO[C@H]1O[C@@H]2CO[C@@H](c3ccccc3)O[C@H]2[C@H](O[C@@H]2O[C@H](COC(=O)c3ccccc3)[C@H](O)[C@H]2Sc2ccc(C)cc2)[C@H]1OCc1ccccc1. The van der Waals surface area contributed by atoms with Crippen LogP contribution in [0.15, 0.2) is 120 Å². The molecule has 10 atom stereocenters. The molecule has 7 rings (SSSR count). The molecular weight excluding hydrogens is 672 g/mol. The van der Waals surface area contributed by atoms with E-state index < -0.39 is 66.7 Å². The Bertz CT molecular complexity index is 1670. The highest BCUT2D eigenvalue weighted by atomic mass is 32.2. The van der Waals surface area contributed by atoms with Gasteiger partial charge in [0.25, 0.3) is 0 Å². The molecule has 3 aliphatic heterocycles. The number of esters is 1. The second kappa shape index (κ2) is 16.8. The number of carbonyl (C=O) groups excluding carboxylic acids is 1. The molecule has 0 aromatic heterocycles. The van der Waals surface area contributed by atoms with Gasteiger partial charge in [0.05, 0.1) is 24.0 Å². The number of aryl methyl sites for hydroxylation is 1. The van der Waals surface area contributed by atoms with Crippen LogP contribution in [0.5, 0.6) is 0 Å². The Balaban J connectivity index is 1.17. The van der Waals surface area contributed by atoms with Crippen LogP contribution in [0, 0.1) is 6.92 Å². The van der Waals surface area contributed by atoms with Crippen molar-refractivity contribution in [2.45, 2.75) is 79.2 Å². The van der Waals surface area contributed by atoms with Gasteiger partial charge < -0.3 is 43.0 Å². The first-order valence-electron chi connectivity index (χ1n) is 17.1. The van der Waals surface area contributed by atoms with Crippen molar-refractivity contribution in [2.75, 3.05) is 20.3 Å². The van der Waals surface area contributed by atoms with Crippen LogP contribution in [0.25, 0.3) is 0 Å². The number of fused-ring (bicyclic) bond motifs is 1. The zero-order valence-corrected chi connectivity index (χ0v) is 29.2. The van der Waals surface area contributed by atoms with Gasteiger partial charge in [0.2, 0.25) is 0 Å². The van der Waals surface area contributed by atoms with Crippen LogP contribution < -0.4 is 0 Å². The quantitative estimate of drug-likeness (QED) is 0.178. The molecule has 0 aliphatic carbocycles. The number of benzene rings is 4. The fraction of sp³-hybridized carbons (Fsp3) is 0.375. The van der Waals surface area contributed by atoms with Crippen LogP contribution in [-0.2, 0) is 44.5 Å². The molecule has 11 heteroatoms. The normalized spacial score (nSPS) is 30.4. The molecule has 3 aliphatic rings. The van der Waals surface area contributed by atoms with E-state index in [1.165, 1.54) is 11.8 Å². The van der Waals surface area contributed by atoms with Crippen molar-refractivity contribution in [1.29, 1.82) is 0 Å². The van der Waals surface area contributed by atoms with Crippen LogP contribution in [0.2, 0.25) is 0 Å².